The van der Waals surface area contributed by atoms with Crippen molar-refractivity contribution in [3.8, 4) is 0 Å². The minimum atomic E-state index is -0.754. The summed E-state index contributed by atoms with van der Waals surface area (Å²) in [6, 6.07) is 8.95. The predicted molar refractivity (Wildman–Crippen MR) is 148 cm³/mol. The maximum atomic E-state index is 13.7. The number of hydrogen-bond acceptors (Lipinski definition) is 7. The van der Waals surface area contributed by atoms with Crippen LogP contribution < -0.4 is 16.4 Å². The minimum Gasteiger partial charge on any atom is -0.444 e. The molecule has 12 nitrogen and oxygen atoms in total. The number of likely N-dealkylation sites (tertiary alicyclic amines) is 1. The average molecular weight is 568 g/mol. The largest absolute Gasteiger partial charge is 0.444 e. The van der Waals surface area contributed by atoms with E-state index in [1.54, 1.807) is 62.1 Å². The fourth-order valence-electron chi connectivity index (χ4n) is 5.55. The number of pyridine rings is 1. The molecule has 1 aliphatic carbocycles. The highest BCUT2D eigenvalue weighted by molar-refractivity contribution is 6.29. The third kappa shape index (κ3) is 5.57. The quantitative estimate of drug-likeness (QED) is 0.384. The molecule has 0 spiro atoms. The van der Waals surface area contributed by atoms with E-state index in [-0.39, 0.29) is 41.2 Å². The number of nitrogens with zero attached hydrogens (tertiary/aromatic N) is 4. The Morgan fingerprint density at radius 3 is 2.60 bits per heavy atom. The van der Waals surface area contributed by atoms with Crippen molar-refractivity contribution in [1.82, 2.24) is 19.7 Å². The second kappa shape index (κ2) is 10.4. The highest BCUT2D eigenvalue weighted by Gasteiger charge is 2.51. The van der Waals surface area contributed by atoms with Gasteiger partial charge in [-0.05, 0) is 76.3 Å². The molecule has 2 bridgehead atoms. The molecule has 40 heavy (non-hydrogen) atoms. The lowest BCUT2D eigenvalue weighted by Crippen LogP contribution is -2.52. The van der Waals surface area contributed by atoms with Gasteiger partial charge >= 0.3 is 6.09 Å². The lowest BCUT2D eigenvalue weighted by atomic mass is 9.97. The van der Waals surface area contributed by atoms with Crippen LogP contribution in [0.2, 0.25) is 5.15 Å². The Bertz CT molecular complexity index is 1510. The summed E-state index contributed by atoms with van der Waals surface area (Å²) in [6.45, 7) is 5.01. The fraction of sp³-hybridized carbons (Fsp3) is 0.407. The number of amides is 4. The molecule has 4 amide bonds. The van der Waals surface area contributed by atoms with E-state index in [1.165, 1.54) is 4.68 Å². The first-order valence-electron chi connectivity index (χ1n) is 12.9. The smallest absolute Gasteiger partial charge is 0.412 e. The Hall–Kier alpha value is -4.19. The number of nitrogens with two attached hydrogens (primary N) is 1. The van der Waals surface area contributed by atoms with Crippen molar-refractivity contribution in [2.45, 2.75) is 64.3 Å². The first kappa shape index (κ1) is 27.4. The third-order valence-corrected chi connectivity index (χ3v) is 7.23. The summed E-state index contributed by atoms with van der Waals surface area (Å²) in [5.41, 5.74) is 5.67. The van der Waals surface area contributed by atoms with Crippen molar-refractivity contribution < 1.29 is 23.9 Å². The number of hydrogen-bond donors (Lipinski definition) is 3. The van der Waals surface area contributed by atoms with Crippen LogP contribution in [0.1, 0.15) is 50.5 Å². The summed E-state index contributed by atoms with van der Waals surface area (Å²) < 4.78 is 6.69. The van der Waals surface area contributed by atoms with E-state index in [1.807, 2.05) is 0 Å². The monoisotopic (exact) mass is 567 g/mol. The summed E-state index contributed by atoms with van der Waals surface area (Å²) in [4.78, 5) is 57.2. The molecule has 0 unspecified atom stereocenters. The number of aromatic nitrogens is 3. The number of primary amides is 1. The molecule has 3 atom stereocenters. The number of piperidine rings is 1. The van der Waals surface area contributed by atoms with E-state index in [2.05, 4.69) is 20.7 Å². The Morgan fingerprint density at radius 1 is 1.12 bits per heavy atom. The number of benzene rings is 1. The van der Waals surface area contributed by atoms with Gasteiger partial charge in [-0.15, -0.1) is 0 Å². The number of halogens is 1. The van der Waals surface area contributed by atoms with Crippen LogP contribution in [0.4, 0.5) is 16.3 Å². The van der Waals surface area contributed by atoms with Gasteiger partial charge in [-0.25, -0.2) is 9.78 Å². The van der Waals surface area contributed by atoms with E-state index in [9.17, 15) is 19.2 Å². The van der Waals surface area contributed by atoms with Gasteiger partial charge in [-0.2, -0.15) is 5.10 Å². The van der Waals surface area contributed by atoms with Crippen molar-refractivity contribution >= 4 is 57.8 Å². The Labute approximate surface area is 235 Å². The van der Waals surface area contributed by atoms with E-state index in [0.29, 0.717) is 22.4 Å². The molecule has 13 heteroatoms. The molecular formula is C27H30ClN7O5. The molecule has 2 aliphatic rings. The van der Waals surface area contributed by atoms with Gasteiger partial charge in [0.25, 0.3) is 5.91 Å². The number of rotatable bonds is 6. The van der Waals surface area contributed by atoms with Crippen LogP contribution in [0.25, 0.3) is 10.9 Å². The molecule has 2 fully saturated rings. The first-order chi connectivity index (χ1) is 18.9. The van der Waals surface area contributed by atoms with Crippen molar-refractivity contribution in [2.24, 2.45) is 11.7 Å². The van der Waals surface area contributed by atoms with Gasteiger partial charge < -0.3 is 20.7 Å². The van der Waals surface area contributed by atoms with Gasteiger partial charge in [0, 0.05) is 17.1 Å². The summed E-state index contributed by atoms with van der Waals surface area (Å²) in [6.07, 6.45) is 1.71. The molecule has 1 saturated heterocycles. The van der Waals surface area contributed by atoms with Crippen LogP contribution in [0.15, 0.2) is 36.4 Å². The van der Waals surface area contributed by atoms with Crippen LogP contribution >= 0.6 is 11.6 Å². The number of anilines is 2. The van der Waals surface area contributed by atoms with Gasteiger partial charge in [0.05, 0.1) is 5.52 Å². The normalized spacial score (nSPS) is 20.0. The second-order valence-electron chi connectivity index (χ2n) is 11.0. The zero-order valence-electron chi connectivity index (χ0n) is 22.3. The maximum absolute atomic E-state index is 13.7. The van der Waals surface area contributed by atoms with Crippen LogP contribution in [0, 0.1) is 5.92 Å². The second-order valence-corrected chi connectivity index (χ2v) is 11.4. The minimum absolute atomic E-state index is 0.00381. The zero-order chi connectivity index (χ0) is 28.8. The van der Waals surface area contributed by atoms with Gasteiger partial charge in [0.2, 0.25) is 11.8 Å². The Kier molecular flexibility index (Phi) is 7.13. The fourth-order valence-corrected chi connectivity index (χ4v) is 5.71. The summed E-state index contributed by atoms with van der Waals surface area (Å²) in [7, 11) is 0. The summed E-state index contributed by atoms with van der Waals surface area (Å²) in [5, 5.41) is 10.4. The molecule has 3 aromatic rings. The standard InChI is InChI=1S/C27H30ClN7O5/c1-27(2,3)40-26(39)30-15-8-10-17-18(12-15)34(33-22(17)24(29)37)13-21(36)35-16-9-7-14(11-16)23(35)25(38)32-20-6-4-5-19(28)31-20/h4-6,8,10,12,14,16,23H,7,9,11,13H2,1-3H3,(H2,29,37)(H,30,39)(H,31,32,38)/t14-,16+,23-/m0/s1. The van der Waals surface area contributed by atoms with Crippen LogP contribution in [0.5, 0.6) is 0 Å². The zero-order valence-corrected chi connectivity index (χ0v) is 23.1. The molecular weight excluding hydrogens is 538 g/mol. The average Bonchev–Trinajstić information content (AvgIpc) is 3.56. The Balaban J connectivity index is 1.40. The molecule has 1 saturated carbocycles. The SMILES string of the molecule is CC(C)(C)OC(=O)Nc1ccc2c(C(N)=O)nn(CC(=O)N3[C@@H]4CC[C@@H](C4)[C@H]3C(=O)Nc3cccc(Cl)n3)c2c1. The van der Waals surface area contributed by atoms with Crippen molar-refractivity contribution in [3.05, 3.63) is 47.2 Å². The Morgan fingerprint density at radius 2 is 1.90 bits per heavy atom. The molecule has 210 valence electrons. The molecule has 4 N–H and O–H groups in total. The molecule has 5 rings (SSSR count). The van der Waals surface area contributed by atoms with Crippen molar-refractivity contribution in [1.29, 1.82) is 0 Å². The van der Waals surface area contributed by atoms with E-state index in [4.69, 9.17) is 22.1 Å². The van der Waals surface area contributed by atoms with Crippen molar-refractivity contribution in [3.63, 3.8) is 0 Å². The topological polar surface area (TPSA) is 162 Å². The van der Waals surface area contributed by atoms with Crippen LogP contribution in [0.3, 0.4) is 0 Å². The maximum Gasteiger partial charge on any atom is 0.412 e. The van der Waals surface area contributed by atoms with Crippen LogP contribution in [-0.4, -0.2) is 61.2 Å². The highest BCUT2D eigenvalue weighted by Crippen LogP contribution is 2.43. The first-order valence-corrected chi connectivity index (χ1v) is 13.3. The molecule has 1 aromatic carbocycles. The highest BCUT2D eigenvalue weighted by atomic mass is 35.5. The molecule has 2 aromatic heterocycles. The van der Waals surface area contributed by atoms with Gasteiger partial charge in [0.1, 0.15) is 29.2 Å². The molecule has 3 heterocycles. The van der Waals surface area contributed by atoms with E-state index in [0.717, 1.165) is 19.3 Å². The predicted octanol–water partition coefficient (Wildman–Crippen LogP) is 3.55. The lowest BCUT2D eigenvalue weighted by Gasteiger charge is -2.34. The number of ether oxygens (including phenoxy) is 1. The molecule has 0 radical (unpaired) electrons. The van der Waals surface area contributed by atoms with E-state index >= 15 is 0 Å². The van der Waals surface area contributed by atoms with Gasteiger partial charge in [-0.1, -0.05) is 17.7 Å². The number of carbonyl (C=O) groups is 4. The lowest BCUT2D eigenvalue weighted by molar-refractivity contribution is -0.141. The van der Waals surface area contributed by atoms with E-state index < -0.39 is 23.6 Å². The van der Waals surface area contributed by atoms with Gasteiger partial charge in [0.15, 0.2) is 5.69 Å². The number of carbonyl (C=O) groups excluding carboxylic acids is 4. The van der Waals surface area contributed by atoms with Crippen molar-refractivity contribution in [2.75, 3.05) is 10.6 Å². The van der Waals surface area contributed by atoms with Crippen LogP contribution in [-0.2, 0) is 20.9 Å². The molecule has 1 aliphatic heterocycles. The number of nitrogens with one attached hydrogen (secondary N) is 2. The summed E-state index contributed by atoms with van der Waals surface area (Å²) in [5.74, 6) is -1.08. The van der Waals surface area contributed by atoms with Gasteiger partial charge in [-0.3, -0.25) is 24.4 Å². The summed E-state index contributed by atoms with van der Waals surface area (Å²) >= 11 is 5.96. The third-order valence-electron chi connectivity index (χ3n) is 7.02. The number of fused-ring (bicyclic) bond motifs is 3.